The van der Waals surface area contributed by atoms with Crippen LogP contribution in [0.15, 0.2) is 18.2 Å². The van der Waals surface area contributed by atoms with Gasteiger partial charge in [0.25, 0.3) is 0 Å². The Hall–Kier alpha value is -1.64. The lowest BCUT2D eigenvalue weighted by atomic mass is 10.1. The van der Waals surface area contributed by atoms with E-state index >= 15 is 0 Å². The molecule has 15 heavy (non-hydrogen) atoms. The van der Waals surface area contributed by atoms with Crippen LogP contribution in [-0.2, 0) is 11.2 Å². The van der Waals surface area contributed by atoms with Gasteiger partial charge in [-0.2, -0.15) is 0 Å². The fourth-order valence-electron chi connectivity index (χ4n) is 1.66. The van der Waals surface area contributed by atoms with E-state index in [2.05, 4.69) is 16.0 Å². The lowest BCUT2D eigenvalue weighted by Gasteiger charge is -1.98. The maximum Gasteiger partial charge on any atom is 0.130 e. The Bertz CT molecular complexity index is 499. The summed E-state index contributed by atoms with van der Waals surface area (Å²) in [5.74, 6) is 1.16. The van der Waals surface area contributed by atoms with Gasteiger partial charge >= 0.3 is 0 Å². The van der Waals surface area contributed by atoms with Crippen LogP contribution in [0, 0.1) is 6.92 Å². The Labute approximate surface area is 88.5 Å². The molecular weight excluding hydrogens is 188 g/mol. The molecule has 0 amide bonds. The van der Waals surface area contributed by atoms with Crippen molar-refractivity contribution in [1.29, 1.82) is 0 Å². The van der Waals surface area contributed by atoms with Gasteiger partial charge in [-0.3, -0.25) is 0 Å². The SMILES string of the molecule is CC(=O)CCc1ccc2nc(C)[nH]c2c1. The quantitative estimate of drug-likeness (QED) is 0.830. The molecule has 1 aromatic carbocycles. The van der Waals surface area contributed by atoms with Gasteiger partial charge in [0.15, 0.2) is 0 Å². The number of aromatic amines is 1. The Morgan fingerprint density at radius 1 is 1.47 bits per heavy atom. The summed E-state index contributed by atoms with van der Waals surface area (Å²) in [6.45, 7) is 3.56. The Kier molecular flexibility index (Phi) is 2.54. The summed E-state index contributed by atoms with van der Waals surface area (Å²) in [4.78, 5) is 18.4. The monoisotopic (exact) mass is 202 g/mol. The Balaban J connectivity index is 2.26. The molecule has 0 aliphatic heterocycles. The van der Waals surface area contributed by atoms with Crippen molar-refractivity contribution in [2.45, 2.75) is 26.7 Å². The van der Waals surface area contributed by atoms with Gasteiger partial charge in [-0.05, 0) is 38.0 Å². The van der Waals surface area contributed by atoms with Gasteiger partial charge < -0.3 is 9.78 Å². The smallest absolute Gasteiger partial charge is 0.130 e. The predicted molar refractivity (Wildman–Crippen MR) is 59.8 cm³/mol. The molecule has 3 heteroatoms. The number of fused-ring (bicyclic) bond motifs is 1. The highest BCUT2D eigenvalue weighted by atomic mass is 16.1. The number of aromatic nitrogens is 2. The van der Waals surface area contributed by atoms with Crippen molar-refractivity contribution in [3.05, 3.63) is 29.6 Å². The molecule has 0 bridgehead atoms. The molecule has 0 spiro atoms. The molecule has 3 nitrogen and oxygen atoms in total. The lowest BCUT2D eigenvalue weighted by molar-refractivity contribution is -0.116. The molecule has 1 N–H and O–H groups in total. The summed E-state index contributed by atoms with van der Waals surface area (Å²) in [7, 11) is 0. The van der Waals surface area contributed by atoms with Crippen LogP contribution in [-0.4, -0.2) is 15.8 Å². The van der Waals surface area contributed by atoms with Crippen molar-refractivity contribution in [2.75, 3.05) is 0 Å². The molecule has 0 saturated heterocycles. The van der Waals surface area contributed by atoms with Crippen LogP contribution < -0.4 is 0 Å². The second kappa shape index (κ2) is 3.85. The number of benzene rings is 1. The van der Waals surface area contributed by atoms with Crippen molar-refractivity contribution in [2.24, 2.45) is 0 Å². The van der Waals surface area contributed by atoms with Crippen molar-refractivity contribution in [3.8, 4) is 0 Å². The number of rotatable bonds is 3. The van der Waals surface area contributed by atoms with E-state index in [1.165, 1.54) is 5.56 Å². The maximum atomic E-state index is 10.9. The fourth-order valence-corrected chi connectivity index (χ4v) is 1.66. The third-order valence-corrected chi connectivity index (χ3v) is 2.43. The molecule has 1 heterocycles. The minimum absolute atomic E-state index is 0.232. The molecule has 78 valence electrons. The second-order valence-electron chi connectivity index (χ2n) is 3.88. The molecule has 2 rings (SSSR count). The van der Waals surface area contributed by atoms with Crippen molar-refractivity contribution < 1.29 is 4.79 Å². The normalized spacial score (nSPS) is 10.8. The number of ketones is 1. The Morgan fingerprint density at radius 2 is 2.27 bits per heavy atom. The number of nitrogens with one attached hydrogen (secondary N) is 1. The van der Waals surface area contributed by atoms with Crippen LogP contribution in [0.25, 0.3) is 11.0 Å². The molecule has 0 aliphatic carbocycles. The maximum absolute atomic E-state index is 10.9. The van der Waals surface area contributed by atoms with Crippen LogP contribution in [0.3, 0.4) is 0 Å². The van der Waals surface area contributed by atoms with Crippen LogP contribution in [0.5, 0.6) is 0 Å². The van der Waals surface area contributed by atoms with Gasteiger partial charge in [0, 0.05) is 6.42 Å². The number of aryl methyl sites for hydroxylation is 2. The largest absolute Gasteiger partial charge is 0.342 e. The first-order chi connectivity index (χ1) is 7.15. The van der Waals surface area contributed by atoms with E-state index in [1.807, 2.05) is 19.1 Å². The van der Waals surface area contributed by atoms with E-state index in [-0.39, 0.29) is 5.78 Å². The highest BCUT2D eigenvalue weighted by Crippen LogP contribution is 2.14. The highest BCUT2D eigenvalue weighted by Gasteiger charge is 2.01. The Morgan fingerprint density at radius 3 is 3.00 bits per heavy atom. The van der Waals surface area contributed by atoms with Gasteiger partial charge in [0.05, 0.1) is 11.0 Å². The van der Waals surface area contributed by atoms with Crippen LogP contribution in [0.4, 0.5) is 0 Å². The third-order valence-electron chi connectivity index (χ3n) is 2.43. The molecule has 0 fully saturated rings. The topological polar surface area (TPSA) is 45.8 Å². The van der Waals surface area contributed by atoms with E-state index < -0.39 is 0 Å². The number of hydrogen-bond donors (Lipinski definition) is 1. The molecule has 1 aromatic heterocycles. The van der Waals surface area contributed by atoms with E-state index in [0.717, 1.165) is 23.3 Å². The summed E-state index contributed by atoms with van der Waals surface area (Å²) in [6.07, 6.45) is 1.42. The predicted octanol–water partition coefficient (Wildman–Crippen LogP) is 2.39. The van der Waals surface area contributed by atoms with E-state index in [0.29, 0.717) is 6.42 Å². The van der Waals surface area contributed by atoms with E-state index in [1.54, 1.807) is 6.92 Å². The molecule has 0 aliphatic rings. The lowest BCUT2D eigenvalue weighted by Crippen LogP contribution is -1.93. The molecular formula is C12H14N2O. The summed E-state index contributed by atoms with van der Waals surface area (Å²) < 4.78 is 0. The van der Waals surface area contributed by atoms with Crippen molar-refractivity contribution >= 4 is 16.8 Å². The van der Waals surface area contributed by atoms with Gasteiger partial charge in [-0.15, -0.1) is 0 Å². The number of imidazole rings is 1. The molecule has 0 radical (unpaired) electrons. The number of hydrogen-bond acceptors (Lipinski definition) is 2. The third kappa shape index (κ3) is 2.24. The first-order valence-corrected chi connectivity index (χ1v) is 5.10. The van der Waals surface area contributed by atoms with Gasteiger partial charge in [0.2, 0.25) is 0 Å². The zero-order valence-electron chi connectivity index (χ0n) is 9.00. The van der Waals surface area contributed by atoms with Crippen LogP contribution in [0.1, 0.15) is 24.7 Å². The van der Waals surface area contributed by atoms with Gasteiger partial charge in [-0.1, -0.05) is 6.07 Å². The summed E-state index contributed by atoms with van der Waals surface area (Å²) in [5, 5.41) is 0. The van der Waals surface area contributed by atoms with Crippen molar-refractivity contribution in [3.63, 3.8) is 0 Å². The zero-order valence-corrected chi connectivity index (χ0v) is 9.00. The highest BCUT2D eigenvalue weighted by molar-refractivity contribution is 5.77. The average molecular weight is 202 g/mol. The first-order valence-electron chi connectivity index (χ1n) is 5.10. The molecule has 0 saturated carbocycles. The zero-order chi connectivity index (χ0) is 10.8. The van der Waals surface area contributed by atoms with Crippen LogP contribution >= 0.6 is 0 Å². The van der Waals surface area contributed by atoms with Crippen LogP contribution in [0.2, 0.25) is 0 Å². The summed E-state index contributed by atoms with van der Waals surface area (Å²) in [6, 6.07) is 6.10. The first kappa shape index (κ1) is 9.90. The van der Waals surface area contributed by atoms with Gasteiger partial charge in [-0.25, -0.2) is 4.98 Å². The second-order valence-corrected chi connectivity index (χ2v) is 3.88. The number of nitrogens with zero attached hydrogens (tertiary/aromatic N) is 1. The minimum Gasteiger partial charge on any atom is -0.342 e. The van der Waals surface area contributed by atoms with Crippen molar-refractivity contribution in [1.82, 2.24) is 9.97 Å². The van der Waals surface area contributed by atoms with Gasteiger partial charge in [0.1, 0.15) is 11.6 Å². The number of carbonyl (C=O) groups excluding carboxylic acids is 1. The molecule has 2 aromatic rings. The number of H-pyrrole nitrogens is 1. The van der Waals surface area contributed by atoms with E-state index in [9.17, 15) is 4.79 Å². The van der Waals surface area contributed by atoms with E-state index in [4.69, 9.17) is 0 Å². The average Bonchev–Trinajstić information content (AvgIpc) is 2.53. The molecule has 0 atom stereocenters. The molecule has 0 unspecified atom stereocenters. The minimum atomic E-state index is 0.232. The summed E-state index contributed by atoms with van der Waals surface area (Å²) in [5.41, 5.74) is 3.22. The number of carbonyl (C=O) groups is 1. The standard InChI is InChI=1S/C12H14N2O/c1-8(15)3-4-10-5-6-11-12(7-10)14-9(2)13-11/h5-7H,3-4H2,1-2H3,(H,13,14). The number of Topliss-reactive ketones (excluding diaryl/α,β-unsaturated/α-hetero) is 1. The summed E-state index contributed by atoms with van der Waals surface area (Å²) >= 11 is 0. The fraction of sp³-hybridized carbons (Fsp3) is 0.333.